The molecule has 1 heterocycles. The Morgan fingerprint density at radius 1 is 1.12 bits per heavy atom. The fraction of sp³-hybridized carbons (Fsp3) is 0.440. The number of methoxy groups -OCH3 is 1. The molecule has 1 saturated heterocycles. The first-order chi connectivity index (χ1) is 15.5. The Balaban J connectivity index is 1.42. The second-order valence-electron chi connectivity index (χ2n) is 8.57. The van der Waals surface area contributed by atoms with Gasteiger partial charge in [-0.1, -0.05) is 6.07 Å². The van der Waals surface area contributed by atoms with Gasteiger partial charge in [0.15, 0.2) is 11.5 Å². The zero-order chi connectivity index (χ0) is 22.5. The van der Waals surface area contributed by atoms with Gasteiger partial charge in [0.1, 0.15) is 5.82 Å². The van der Waals surface area contributed by atoms with Crippen molar-refractivity contribution in [3.05, 3.63) is 53.8 Å². The van der Waals surface area contributed by atoms with Crippen LogP contribution in [0.1, 0.15) is 50.0 Å². The first-order valence-corrected chi connectivity index (χ1v) is 11.2. The maximum absolute atomic E-state index is 13.1. The number of hydrogen-bond donors (Lipinski definition) is 2. The minimum absolute atomic E-state index is 0.0707. The first kappa shape index (κ1) is 22.1. The van der Waals surface area contributed by atoms with Crippen LogP contribution in [0.15, 0.2) is 42.5 Å². The number of carbonyl (C=O) groups excluding carboxylic acids is 2. The topological polar surface area (TPSA) is 76.7 Å². The fourth-order valence-electron chi connectivity index (χ4n) is 4.53. The van der Waals surface area contributed by atoms with Crippen LogP contribution >= 0.6 is 0 Å². The molecule has 1 aliphatic heterocycles. The van der Waals surface area contributed by atoms with E-state index in [4.69, 9.17) is 9.47 Å². The van der Waals surface area contributed by atoms with Crippen molar-refractivity contribution < 1.29 is 23.5 Å². The Morgan fingerprint density at radius 3 is 2.59 bits per heavy atom. The van der Waals surface area contributed by atoms with E-state index in [1.54, 1.807) is 7.11 Å². The van der Waals surface area contributed by atoms with Gasteiger partial charge in [0, 0.05) is 30.5 Å². The molecule has 2 aromatic rings. The number of halogens is 1. The summed E-state index contributed by atoms with van der Waals surface area (Å²) in [7, 11) is 1.63. The van der Waals surface area contributed by atoms with Gasteiger partial charge in [-0.15, -0.1) is 0 Å². The third-order valence-corrected chi connectivity index (χ3v) is 6.28. The highest BCUT2D eigenvalue weighted by atomic mass is 19.1. The molecule has 0 spiro atoms. The van der Waals surface area contributed by atoms with E-state index in [0.717, 1.165) is 24.2 Å². The average Bonchev–Trinajstić information content (AvgIpc) is 3.30. The molecule has 1 aliphatic carbocycles. The van der Waals surface area contributed by atoms with E-state index >= 15 is 0 Å². The summed E-state index contributed by atoms with van der Waals surface area (Å²) in [6.45, 7) is 0.518. The van der Waals surface area contributed by atoms with Crippen LogP contribution in [0.5, 0.6) is 11.5 Å². The molecule has 7 heteroatoms. The largest absolute Gasteiger partial charge is 0.493 e. The van der Waals surface area contributed by atoms with Crippen molar-refractivity contribution >= 4 is 17.5 Å². The molecule has 2 N–H and O–H groups in total. The highest BCUT2D eigenvalue weighted by Crippen LogP contribution is 2.37. The van der Waals surface area contributed by atoms with Crippen LogP contribution in [0.3, 0.4) is 0 Å². The number of amides is 2. The maximum Gasteiger partial charge on any atom is 0.225 e. The highest BCUT2D eigenvalue weighted by molar-refractivity contribution is 5.94. The van der Waals surface area contributed by atoms with Crippen molar-refractivity contribution in [2.24, 2.45) is 5.92 Å². The van der Waals surface area contributed by atoms with Gasteiger partial charge in [0.2, 0.25) is 11.8 Å². The van der Waals surface area contributed by atoms with Gasteiger partial charge in [-0.3, -0.25) is 9.59 Å². The van der Waals surface area contributed by atoms with Gasteiger partial charge >= 0.3 is 0 Å². The van der Waals surface area contributed by atoms with Gasteiger partial charge in [0.25, 0.3) is 0 Å². The molecule has 4 rings (SSSR count). The molecule has 1 saturated carbocycles. The van der Waals surface area contributed by atoms with E-state index in [9.17, 15) is 14.0 Å². The molecule has 2 unspecified atom stereocenters. The van der Waals surface area contributed by atoms with Crippen molar-refractivity contribution in [2.75, 3.05) is 19.0 Å². The highest BCUT2D eigenvalue weighted by Gasteiger charge is 2.31. The van der Waals surface area contributed by atoms with Crippen molar-refractivity contribution in [1.82, 2.24) is 5.32 Å². The molecular weight excluding hydrogens is 411 g/mol. The van der Waals surface area contributed by atoms with E-state index in [2.05, 4.69) is 10.6 Å². The van der Waals surface area contributed by atoms with Crippen LogP contribution in [-0.2, 0) is 9.59 Å². The van der Waals surface area contributed by atoms with Crippen molar-refractivity contribution in [3.63, 3.8) is 0 Å². The Bertz CT molecular complexity index is 957. The molecule has 2 fully saturated rings. The second-order valence-corrected chi connectivity index (χ2v) is 8.57. The smallest absolute Gasteiger partial charge is 0.225 e. The van der Waals surface area contributed by atoms with Crippen LogP contribution in [0.2, 0.25) is 0 Å². The van der Waals surface area contributed by atoms with Crippen LogP contribution < -0.4 is 20.1 Å². The maximum atomic E-state index is 13.1. The van der Waals surface area contributed by atoms with Crippen LogP contribution in [0, 0.1) is 11.7 Å². The van der Waals surface area contributed by atoms with Crippen molar-refractivity contribution in [1.29, 1.82) is 0 Å². The predicted octanol–water partition coefficient (Wildman–Crippen LogP) is 4.40. The SMILES string of the molecule is COc1ccc(C2CNC(=O)C(CC(=O)Nc3ccc(F)cc3)C2)cc1OC1CCCC1. The summed E-state index contributed by atoms with van der Waals surface area (Å²) in [6.07, 6.45) is 5.33. The van der Waals surface area contributed by atoms with Crippen LogP contribution in [-0.4, -0.2) is 31.6 Å². The molecule has 2 aliphatic rings. The third kappa shape index (κ3) is 5.39. The number of anilines is 1. The quantitative estimate of drug-likeness (QED) is 0.669. The molecule has 0 radical (unpaired) electrons. The average molecular weight is 441 g/mol. The Hall–Kier alpha value is -3.09. The number of hydrogen-bond acceptors (Lipinski definition) is 4. The summed E-state index contributed by atoms with van der Waals surface area (Å²) in [4.78, 5) is 24.9. The number of rotatable bonds is 7. The molecule has 2 atom stereocenters. The number of ether oxygens (including phenoxy) is 2. The zero-order valence-electron chi connectivity index (χ0n) is 18.2. The van der Waals surface area contributed by atoms with Crippen molar-refractivity contribution in [3.8, 4) is 11.5 Å². The molecular formula is C25H29FN2O4. The van der Waals surface area contributed by atoms with E-state index in [-0.39, 0.29) is 36.1 Å². The van der Waals surface area contributed by atoms with E-state index in [0.29, 0.717) is 24.4 Å². The number of nitrogens with one attached hydrogen (secondary N) is 2. The molecule has 32 heavy (non-hydrogen) atoms. The van der Waals surface area contributed by atoms with Gasteiger partial charge in [0.05, 0.1) is 13.2 Å². The first-order valence-electron chi connectivity index (χ1n) is 11.2. The summed E-state index contributed by atoms with van der Waals surface area (Å²) in [6, 6.07) is 11.5. The van der Waals surface area contributed by atoms with E-state index in [1.807, 2.05) is 18.2 Å². The fourth-order valence-corrected chi connectivity index (χ4v) is 4.53. The third-order valence-electron chi connectivity index (χ3n) is 6.28. The van der Waals surface area contributed by atoms with Gasteiger partial charge in [-0.25, -0.2) is 4.39 Å². The summed E-state index contributed by atoms with van der Waals surface area (Å²) in [5.74, 6) is 0.330. The molecule has 0 bridgehead atoms. The predicted molar refractivity (Wildman–Crippen MR) is 119 cm³/mol. The zero-order valence-corrected chi connectivity index (χ0v) is 18.2. The van der Waals surface area contributed by atoms with Crippen LogP contribution in [0.25, 0.3) is 0 Å². The minimum Gasteiger partial charge on any atom is -0.493 e. The summed E-state index contributed by atoms with van der Waals surface area (Å²) in [5.41, 5.74) is 1.57. The summed E-state index contributed by atoms with van der Waals surface area (Å²) >= 11 is 0. The second kappa shape index (κ2) is 10.0. The number of carbonyl (C=O) groups is 2. The lowest BCUT2D eigenvalue weighted by atomic mass is 9.83. The van der Waals surface area contributed by atoms with Gasteiger partial charge in [-0.2, -0.15) is 0 Å². The monoisotopic (exact) mass is 440 g/mol. The standard InChI is InChI=1S/C25H29FN2O4/c1-31-22-11-6-16(13-23(22)32-21-4-2-3-5-21)18-12-17(25(30)27-15-18)14-24(29)28-20-9-7-19(26)8-10-20/h6-11,13,17-18,21H,2-5,12,14-15H2,1H3,(H,27,30)(H,28,29). The molecule has 2 aromatic carbocycles. The lowest BCUT2D eigenvalue weighted by molar-refractivity contribution is -0.130. The molecule has 2 amide bonds. The normalized spacial score (nSPS) is 21.1. The van der Waals surface area contributed by atoms with E-state index in [1.165, 1.54) is 37.1 Å². The molecule has 0 aromatic heterocycles. The Morgan fingerprint density at radius 2 is 1.88 bits per heavy atom. The van der Waals surface area contributed by atoms with E-state index < -0.39 is 5.92 Å². The molecule has 170 valence electrons. The summed E-state index contributed by atoms with van der Waals surface area (Å²) in [5, 5.41) is 5.67. The molecule has 6 nitrogen and oxygen atoms in total. The lowest BCUT2D eigenvalue weighted by Gasteiger charge is -2.29. The number of piperidine rings is 1. The summed E-state index contributed by atoms with van der Waals surface area (Å²) < 4.78 is 24.8. The van der Waals surface area contributed by atoms with Gasteiger partial charge in [-0.05, 0) is 74.1 Å². The lowest BCUT2D eigenvalue weighted by Crippen LogP contribution is -2.42. The number of benzene rings is 2. The van der Waals surface area contributed by atoms with Gasteiger partial charge < -0.3 is 20.1 Å². The minimum atomic E-state index is -0.435. The van der Waals surface area contributed by atoms with Crippen LogP contribution in [0.4, 0.5) is 10.1 Å². The Labute approximate surface area is 187 Å². The Kier molecular flexibility index (Phi) is 6.93. The van der Waals surface area contributed by atoms with Crippen molar-refractivity contribution in [2.45, 2.75) is 50.5 Å².